The number of thioether (sulfide) groups is 1. The number of β-lactam (4-membered cyclic amide) rings is 1. The number of thiazole rings is 1. The van der Waals surface area contributed by atoms with Gasteiger partial charge in [-0.25, -0.2) is 19.4 Å². The third kappa shape index (κ3) is 10.1. The molecule has 1 saturated heterocycles. The zero-order valence-electron chi connectivity index (χ0n) is 29.4. The van der Waals surface area contributed by atoms with Crippen molar-refractivity contribution in [2.75, 3.05) is 11.1 Å². The van der Waals surface area contributed by atoms with E-state index in [1.54, 1.807) is 53.7 Å². The van der Waals surface area contributed by atoms with E-state index in [2.05, 4.69) is 20.8 Å². The van der Waals surface area contributed by atoms with Crippen LogP contribution in [0.1, 0.15) is 72.2 Å². The number of carbonyl (C=O) groups excluding carboxylic acids is 4. The second kappa shape index (κ2) is 15.5. The number of aromatic nitrogens is 1. The minimum Gasteiger partial charge on any atom is -0.477 e. The number of rotatable bonds is 11. The maximum atomic E-state index is 13.8. The summed E-state index contributed by atoms with van der Waals surface area (Å²) in [6.07, 6.45) is 2.63. The van der Waals surface area contributed by atoms with Gasteiger partial charge in [-0.1, -0.05) is 41.6 Å². The Morgan fingerprint density at radius 1 is 1.04 bits per heavy atom. The summed E-state index contributed by atoms with van der Waals surface area (Å²) in [7, 11) is 0. The number of nitrogens with one attached hydrogen (secondary N) is 2. The summed E-state index contributed by atoms with van der Waals surface area (Å²) >= 11 is 8.11. The molecular weight excluding hydrogens is 722 g/mol. The van der Waals surface area contributed by atoms with Crippen molar-refractivity contribution in [2.45, 2.75) is 89.5 Å². The van der Waals surface area contributed by atoms with E-state index in [1.807, 2.05) is 24.3 Å². The lowest BCUT2D eigenvalue weighted by molar-refractivity contribution is -0.179. The molecule has 0 bridgehead atoms. The van der Waals surface area contributed by atoms with Crippen molar-refractivity contribution in [2.24, 2.45) is 5.16 Å². The van der Waals surface area contributed by atoms with Gasteiger partial charge in [-0.15, -0.1) is 34.7 Å². The number of amides is 3. The van der Waals surface area contributed by atoms with Crippen LogP contribution in [0, 0.1) is 0 Å². The van der Waals surface area contributed by atoms with E-state index < -0.39 is 63.8 Å². The molecule has 0 aliphatic carbocycles. The van der Waals surface area contributed by atoms with Gasteiger partial charge in [0.2, 0.25) is 5.60 Å². The highest BCUT2D eigenvalue weighted by Gasteiger charge is 2.54. The Hall–Kier alpha value is -4.41. The maximum absolute atomic E-state index is 13.8. The fourth-order valence-electron chi connectivity index (χ4n) is 4.53. The van der Waals surface area contributed by atoms with Crippen molar-refractivity contribution in [3.63, 3.8) is 0 Å². The number of carboxylic acid groups (broad SMARTS) is 1. The fourth-order valence-corrected chi connectivity index (χ4v) is 6.71. The van der Waals surface area contributed by atoms with E-state index in [9.17, 15) is 29.1 Å². The van der Waals surface area contributed by atoms with Crippen LogP contribution in [0.3, 0.4) is 0 Å². The summed E-state index contributed by atoms with van der Waals surface area (Å²) in [5.41, 5.74) is -1.70. The molecule has 17 heteroatoms. The lowest BCUT2D eigenvalue weighted by Gasteiger charge is -2.49. The highest BCUT2D eigenvalue weighted by molar-refractivity contribution is 8.00. The first-order valence-corrected chi connectivity index (χ1v) is 18.2. The molecule has 4 rings (SSSR count). The maximum Gasteiger partial charge on any atom is 0.413 e. The van der Waals surface area contributed by atoms with Crippen LogP contribution < -0.4 is 10.6 Å². The van der Waals surface area contributed by atoms with Gasteiger partial charge in [0.1, 0.15) is 34.0 Å². The van der Waals surface area contributed by atoms with Gasteiger partial charge >= 0.3 is 18.0 Å². The molecule has 14 nitrogen and oxygen atoms in total. The average Bonchev–Trinajstić information content (AvgIpc) is 3.48. The molecule has 0 spiro atoms. The standard InChI is InChI=1S/C34H40ClN5O9S2/c1-32(2,3)47-29(45)34(7,8)49-39-22(21-17-51-30(36-21)38-31(46)48-33(4,5)6)25(41)37-23-26(42)40-24(28(43)44)20(16-50-27(23)40)14-13-18-9-11-19(15-35)12-10-18/h9-14,17,23,27H,15-16H2,1-8H3,(H,37,41)(H,43,44)(H,36,38,46)/b14-13-,39-22-/t23-,27-/m1/s1. The van der Waals surface area contributed by atoms with Gasteiger partial charge in [0.05, 0.1) is 0 Å². The van der Waals surface area contributed by atoms with Gasteiger partial charge < -0.3 is 24.7 Å². The van der Waals surface area contributed by atoms with Crippen molar-refractivity contribution >= 4 is 81.5 Å². The van der Waals surface area contributed by atoms with Gasteiger partial charge in [-0.05, 0) is 72.1 Å². The first kappa shape index (κ1) is 39.4. The summed E-state index contributed by atoms with van der Waals surface area (Å²) in [5, 5.41) is 20.0. The Balaban J connectivity index is 1.57. The summed E-state index contributed by atoms with van der Waals surface area (Å²) in [5.74, 6) is -2.96. The minimum absolute atomic E-state index is 0.0407. The molecule has 0 unspecified atom stereocenters. The van der Waals surface area contributed by atoms with E-state index in [-0.39, 0.29) is 22.3 Å². The monoisotopic (exact) mass is 761 g/mol. The predicted octanol–water partition coefficient (Wildman–Crippen LogP) is 5.52. The Kier molecular flexibility index (Phi) is 11.9. The number of esters is 1. The number of allylic oxidation sites excluding steroid dienone is 1. The topological polar surface area (TPSA) is 186 Å². The average molecular weight is 762 g/mol. The number of ether oxygens (including phenoxy) is 2. The lowest BCUT2D eigenvalue weighted by atomic mass is 10.0. The number of halogens is 1. The normalized spacial score (nSPS) is 18.2. The number of aliphatic carboxylic acids is 1. The van der Waals surface area contributed by atoms with Crippen LogP contribution in [0.25, 0.3) is 6.08 Å². The van der Waals surface area contributed by atoms with Crippen molar-refractivity contribution in [1.29, 1.82) is 0 Å². The van der Waals surface area contributed by atoms with Crippen LogP contribution in [-0.4, -0.2) is 84.5 Å². The van der Waals surface area contributed by atoms with Gasteiger partial charge in [0.15, 0.2) is 10.8 Å². The smallest absolute Gasteiger partial charge is 0.413 e. The molecule has 2 aliphatic heterocycles. The quantitative estimate of drug-likeness (QED) is 0.0861. The predicted molar refractivity (Wildman–Crippen MR) is 194 cm³/mol. The van der Waals surface area contributed by atoms with Crippen molar-refractivity contribution in [1.82, 2.24) is 15.2 Å². The van der Waals surface area contributed by atoms with E-state index in [4.69, 9.17) is 25.9 Å². The Labute approximate surface area is 308 Å². The number of oxime groups is 1. The molecule has 1 aromatic heterocycles. The zero-order chi connectivity index (χ0) is 37.9. The van der Waals surface area contributed by atoms with Gasteiger partial charge in [-0.2, -0.15) is 0 Å². The van der Waals surface area contributed by atoms with Crippen LogP contribution in [-0.2, 0) is 39.4 Å². The molecule has 0 radical (unpaired) electrons. The van der Waals surface area contributed by atoms with Crippen molar-refractivity contribution < 1.29 is 43.4 Å². The fraction of sp³-hybridized carbons (Fsp3) is 0.441. The summed E-state index contributed by atoms with van der Waals surface area (Å²) in [6.45, 7) is 13.0. The summed E-state index contributed by atoms with van der Waals surface area (Å²) in [6, 6.07) is 6.31. The summed E-state index contributed by atoms with van der Waals surface area (Å²) in [4.78, 5) is 75.7. The molecule has 1 aromatic carbocycles. The number of hydrogen-bond acceptors (Lipinski definition) is 12. The van der Waals surface area contributed by atoms with Crippen LogP contribution in [0.15, 0.2) is 52.1 Å². The third-order valence-corrected chi connectivity index (χ3v) is 9.29. The number of hydrogen-bond donors (Lipinski definition) is 3. The van der Waals surface area contributed by atoms with Crippen molar-refractivity contribution in [3.8, 4) is 0 Å². The lowest BCUT2D eigenvalue weighted by Crippen LogP contribution is -2.71. The second-order valence-corrected chi connectivity index (χ2v) is 16.2. The molecule has 2 aromatic rings. The highest BCUT2D eigenvalue weighted by atomic mass is 35.5. The van der Waals surface area contributed by atoms with Crippen LogP contribution in [0.2, 0.25) is 0 Å². The summed E-state index contributed by atoms with van der Waals surface area (Å²) < 4.78 is 10.7. The minimum atomic E-state index is -1.65. The number of fused-ring (bicyclic) bond motifs is 1. The van der Waals surface area contributed by atoms with E-state index >= 15 is 0 Å². The van der Waals surface area contributed by atoms with E-state index in [1.165, 1.54) is 31.0 Å². The van der Waals surface area contributed by atoms with Crippen molar-refractivity contribution in [3.05, 3.63) is 63.8 Å². The second-order valence-electron chi connectivity index (χ2n) is 14.0. The molecule has 3 amide bonds. The first-order valence-electron chi connectivity index (χ1n) is 15.7. The SMILES string of the molecule is CC(C)(C)OC(=O)Nc1nc(/C(=N/OC(C)(C)C(=O)OC(C)(C)C)C(=O)N[C@@H]2C(=O)N3C(C(=O)O)=C(/C=C\c4ccc(CCl)cc4)CS[C@H]23)cs1. The van der Waals surface area contributed by atoms with E-state index in [0.29, 0.717) is 11.5 Å². The Morgan fingerprint density at radius 2 is 1.69 bits per heavy atom. The van der Waals surface area contributed by atoms with Crippen LogP contribution in [0.5, 0.6) is 0 Å². The molecule has 274 valence electrons. The van der Waals surface area contributed by atoms with Crippen LogP contribution in [0.4, 0.5) is 9.93 Å². The highest BCUT2D eigenvalue weighted by Crippen LogP contribution is 2.41. The van der Waals surface area contributed by atoms with E-state index in [0.717, 1.165) is 27.4 Å². The molecule has 2 aliphatic rings. The number of alkyl halides is 1. The van der Waals surface area contributed by atoms with Crippen LogP contribution >= 0.6 is 34.7 Å². The number of carboxylic acids is 1. The molecule has 0 saturated carbocycles. The number of benzene rings is 1. The van der Waals surface area contributed by atoms with Gasteiger partial charge in [0, 0.05) is 17.0 Å². The molecule has 3 N–H and O–H groups in total. The molecule has 1 fully saturated rings. The largest absolute Gasteiger partial charge is 0.477 e. The number of anilines is 1. The van der Waals surface area contributed by atoms with Gasteiger partial charge in [-0.3, -0.25) is 19.8 Å². The Morgan fingerprint density at radius 3 is 2.27 bits per heavy atom. The number of carbonyl (C=O) groups is 5. The molecule has 2 atom stereocenters. The molecular formula is C34H40ClN5O9S2. The zero-order valence-corrected chi connectivity index (χ0v) is 31.7. The molecule has 3 heterocycles. The molecule has 51 heavy (non-hydrogen) atoms. The van der Waals surface area contributed by atoms with Gasteiger partial charge in [0.25, 0.3) is 11.8 Å². The Bertz CT molecular complexity index is 1790. The third-order valence-electron chi connectivity index (χ3n) is 6.92. The first-order chi connectivity index (χ1) is 23.7. The number of nitrogens with zero attached hydrogens (tertiary/aromatic N) is 3.